The summed E-state index contributed by atoms with van der Waals surface area (Å²) in [6, 6.07) is 4.45. The average molecular weight is 303 g/mol. The molecule has 0 saturated carbocycles. The molecule has 0 aliphatic carbocycles. The quantitative estimate of drug-likeness (QED) is 0.658. The van der Waals surface area contributed by atoms with Crippen LogP contribution < -0.4 is 10.4 Å². The molecule has 0 aromatic heterocycles. The first kappa shape index (κ1) is 23.0. The lowest BCUT2D eigenvalue weighted by atomic mass is 9.91. The molecule has 0 heteroatoms. The van der Waals surface area contributed by atoms with Gasteiger partial charge in [0, 0.05) is 0 Å². The second-order valence-electron chi connectivity index (χ2n) is 5.45. The Hall–Kier alpha value is -1.30. The Balaban J connectivity index is 0. The lowest BCUT2D eigenvalue weighted by molar-refractivity contribution is 0.846. The minimum absolute atomic E-state index is 0. The Bertz CT molecular complexity index is 544. The minimum Gasteiger partial charge on any atom is -0.0911 e. The summed E-state index contributed by atoms with van der Waals surface area (Å²) in [6.45, 7) is 19.4. The van der Waals surface area contributed by atoms with Crippen LogP contribution in [-0.2, 0) is 12.8 Å². The average Bonchev–Trinajstić information content (AvgIpc) is 2.48. The van der Waals surface area contributed by atoms with Gasteiger partial charge in [0.2, 0.25) is 0 Å². The molecule has 1 aromatic carbocycles. The maximum absolute atomic E-state index is 4.26. The first-order valence-corrected chi connectivity index (χ1v) is 8.53. The molecule has 0 spiro atoms. The van der Waals surface area contributed by atoms with E-state index in [1.54, 1.807) is 0 Å². The molecule has 0 fully saturated rings. The summed E-state index contributed by atoms with van der Waals surface area (Å²) in [6.07, 6.45) is 7.84. The molecule has 0 radical (unpaired) electrons. The minimum atomic E-state index is 0. The van der Waals surface area contributed by atoms with Gasteiger partial charge in [-0.05, 0) is 52.8 Å². The second kappa shape index (κ2) is 12.3. The van der Waals surface area contributed by atoms with Gasteiger partial charge in [-0.2, -0.15) is 0 Å². The van der Waals surface area contributed by atoms with Crippen LogP contribution in [0, 0.1) is 5.92 Å². The normalized spacial score (nSPS) is 11.8. The molecule has 1 aromatic rings. The molecule has 0 saturated heterocycles. The Morgan fingerprint density at radius 3 is 2.18 bits per heavy atom. The van der Waals surface area contributed by atoms with E-state index in [1.807, 2.05) is 13.8 Å². The van der Waals surface area contributed by atoms with Crippen LogP contribution in [0.25, 0.3) is 12.2 Å². The van der Waals surface area contributed by atoms with Crippen LogP contribution in [0.3, 0.4) is 0 Å². The third kappa shape index (κ3) is 5.83. The Morgan fingerprint density at radius 2 is 1.77 bits per heavy atom. The van der Waals surface area contributed by atoms with Gasteiger partial charge in [0.1, 0.15) is 0 Å². The molecule has 0 nitrogen and oxygen atoms in total. The zero-order chi connectivity index (χ0) is 16.4. The van der Waals surface area contributed by atoms with Crippen LogP contribution in [0.15, 0.2) is 24.3 Å². The molecule has 0 bridgehead atoms. The number of benzene rings is 1. The standard InChI is InChI=1S/C19H28.C2H6.CH4/c1-7-10-16-13-12-15(6)19(17(16)9-3)18(11-8-2)14(4)5;1-2;/h8,11-14H,6-7,9-10H2,1-5H3;1-2H3;1H4/b11-8-,19-18-;;. The van der Waals surface area contributed by atoms with E-state index < -0.39 is 0 Å². The van der Waals surface area contributed by atoms with Crippen molar-refractivity contribution in [2.75, 3.05) is 0 Å². The third-order valence-electron chi connectivity index (χ3n) is 3.63. The Labute approximate surface area is 139 Å². The van der Waals surface area contributed by atoms with Gasteiger partial charge in [-0.25, -0.2) is 0 Å². The number of aryl methyl sites for hydroxylation is 1. The van der Waals surface area contributed by atoms with Crippen molar-refractivity contribution in [2.45, 2.75) is 75.2 Å². The van der Waals surface area contributed by atoms with E-state index in [0.717, 1.165) is 12.8 Å². The highest BCUT2D eigenvalue weighted by molar-refractivity contribution is 5.60. The maximum atomic E-state index is 4.26. The highest BCUT2D eigenvalue weighted by Crippen LogP contribution is 2.13. The van der Waals surface area contributed by atoms with Crippen molar-refractivity contribution in [2.24, 2.45) is 5.92 Å². The largest absolute Gasteiger partial charge is 0.0911 e. The van der Waals surface area contributed by atoms with Gasteiger partial charge >= 0.3 is 0 Å². The highest BCUT2D eigenvalue weighted by atomic mass is 14.1. The lowest BCUT2D eigenvalue weighted by Crippen LogP contribution is -2.32. The number of hydrogen-bond acceptors (Lipinski definition) is 0. The highest BCUT2D eigenvalue weighted by Gasteiger charge is 2.08. The molecule has 1 rings (SSSR count). The van der Waals surface area contributed by atoms with Gasteiger partial charge in [-0.15, -0.1) is 0 Å². The predicted molar refractivity (Wildman–Crippen MR) is 106 cm³/mol. The van der Waals surface area contributed by atoms with E-state index in [1.165, 1.54) is 33.6 Å². The summed E-state index contributed by atoms with van der Waals surface area (Å²) in [7, 11) is 0. The summed E-state index contributed by atoms with van der Waals surface area (Å²) in [5, 5.41) is 2.56. The molecule has 22 heavy (non-hydrogen) atoms. The predicted octanol–water partition coefficient (Wildman–Crippen LogP) is 5.66. The van der Waals surface area contributed by atoms with Crippen LogP contribution in [0.4, 0.5) is 0 Å². The third-order valence-corrected chi connectivity index (χ3v) is 3.63. The van der Waals surface area contributed by atoms with Crippen molar-refractivity contribution < 1.29 is 0 Å². The molecule has 0 atom stereocenters. The summed E-state index contributed by atoms with van der Waals surface area (Å²) in [4.78, 5) is 0. The topological polar surface area (TPSA) is 0 Å². The zero-order valence-electron chi connectivity index (χ0n) is 15.2. The van der Waals surface area contributed by atoms with Crippen LogP contribution in [0.2, 0.25) is 0 Å². The van der Waals surface area contributed by atoms with E-state index in [9.17, 15) is 0 Å². The van der Waals surface area contributed by atoms with E-state index in [-0.39, 0.29) is 7.43 Å². The second-order valence-corrected chi connectivity index (χ2v) is 5.45. The van der Waals surface area contributed by atoms with Gasteiger partial charge < -0.3 is 0 Å². The first-order valence-electron chi connectivity index (χ1n) is 8.53. The summed E-state index contributed by atoms with van der Waals surface area (Å²) < 4.78 is 0. The van der Waals surface area contributed by atoms with E-state index in [2.05, 4.69) is 65.5 Å². The molecular weight excluding hydrogens is 264 g/mol. The monoisotopic (exact) mass is 302 g/mol. The molecule has 0 aliphatic rings. The number of rotatable bonds is 5. The van der Waals surface area contributed by atoms with Crippen LogP contribution >= 0.6 is 0 Å². The molecule has 126 valence electrons. The van der Waals surface area contributed by atoms with Crippen LogP contribution in [0.5, 0.6) is 0 Å². The summed E-state index contributed by atoms with van der Waals surface area (Å²) in [5.74, 6) is 0.527. The molecule has 0 heterocycles. The van der Waals surface area contributed by atoms with Gasteiger partial charge in [-0.1, -0.05) is 86.3 Å². The molecule has 0 unspecified atom stereocenters. The van der Waals surface area contributed by atoms with Crippen LogP contribution in [-0.4, -0.2) is 0 Å². The van der Waals surface area contributed by atoms with Crippen molar-refractivity contribution >= 4 is 12.2 Å². The fourth-order valence-electron chi connectivity index (χ4n) is 2.75. The summed E-state index contributed by atoms with van der Waals surface area (Å²) >= 11 is 0. The number of allylic oxidation sites excluding steroid dienone is 2. The molecule has 0 N–H and O–H groups in total. The fraction of sp³-hybridized carbons (Fsp3) is 0.545. The fourth-order valence-corrected chi connectivity index (χ4v) is 2.75. The number of hydrogen-bond donors (Lipinski definition) is 0. The van der Waals surface area contributed by atoms with Crippen molar-refractivity contribution in [3.8, 4) is 0 Å². The Morgan fingerprint density at radius 1 is 1.18 bits per heavy atom. The van der Waals surface area contributed by atoms with Crippen molar-refractivity contribution in [3.63, 3.8) is 0 Å². The first-order chi connectivity index (χ1) is 10.1. The van der Waals surface area contributed by atoms with Crippen molar-refractivity contribution in [1.82, 2.24) is 0 Å². The molecule has 0 amide bonds. The van der Waals surface area contributed by atoms with Gasteiger partial charge in [0.05, 0.1) is 0 Å². The van der Waals surface area contributed by atoms with Gasteiger partial charge in [-0.3, -0.25) is 0 Å². The van der Waals surface area contributed by atoms with E-state index >= 15 is 0 Å². The lowest BCUT2D eigenvalue weighted by Gasteiger charge is -2.14. The van der Waals surface area contributed by atoms with E-state index in [4.69, 9.17) is 0 Å². The molecular formula is C22H38. The maximum Gasteiger partial charge on any atom is -0.0121 e. The van der Waals surface area contributed by atoms with Crippen molar-refractivity contribution in [1.29, 1.82) is 0 Å². The van der Waals surface area contributed by atoms with Gasteiger partial charge in [0.25, 0.3) is 0 Å². The van der Waals surface area contributed by atoms with Crippen LogP contribution in [0.1, 0.15) is 73.4 Å². The smallest absolute Gasteiger partial charge is 0.0121 e. The van der Waals surface area contributed by atoms with E-state index in [0.29, 0.717) is 5.92 Å². The van der Waals surface area contributed by atoms with Gasteiger partial charge in [0.15, 0.2) is 0 Å². The zero-order valence-corrected chi connectivity index (χ0v) is 15.2. The Kier molecular flexibility index (Phi) is 12.8. The SMILES string of the molecule is C.C=c1ccc(CCC)c(CC)/c1=C(/C=C\C)C(C)C.CC. The summed E-state index contributed by atoms with van der Waals surface area (Å²) in [5.41, 5.74) is 4.41. The van der Waals surface area contributed by atoms with Crippen molar-refractivity contribution in [3.05, 3.63) is 45.8 Å². The molecule has 0 aliphatic heterocycles.